The Kier molecular flexibility index (Phi) is 9.59. The summed E-state index contributed by atoms with van der Waals surface area (Å²) in [6, 6.07) is 0. The van der Waals surface area contributed by atoms with E-state index >= 15 is 0 Å². The van der Waals surface area contributed by atoms with Gasteiger partial charge in [0, 0.05) is 12.8 Å². The smallest absolute Gasteiger partial charge is 0.308 e. The number of aliphatic hydroxyl groups is 1. The van der Waals surface area contributed by atoms with E-state index in [1.54, 1.807) is 0 Å². The van der Waals surface area contributed by atoms with Gasteiger partial charge < -0.3 is 9.84 Å². The van der Waals surface area contributed by atoms with Crippen molar-refractivity contribution in [2.24, 2.45) is 0 Å². The van der Waals surface area contributed by atoms with E-state index in [9.17, 15) is 9.90 Å². The zero-order valence-electron chi connectivity index (χ0n) is 10.00. The highest BCUT2D eigenvalue weighted by molar-refractivity contribution is 5.69. The van der Waals surface area contributed by atoms with E-state index in [0.717, 1.165) is 19.3 Å². The lowest BCUT2D eigenvalue weighted by molar-refractivity contribution is -0.168. The van der Waals surface area contributed by atoms with Crippen molar-refractivity contribution < 1.29 is 14.6 Å². The predicted molar refractivity (Wildman–Crippen MR) is 60.4 cm³/mol. The first-order valence-electron chi connectivity index (χ1n) is 6.08. The second-order valence-corrected chi connectivity index (χ2v) is 3.90. The Morgan fingerprint density at radius 2 is 1.80 bits per heavy atom. The third kappa shape index (κ3) is 9.73. The Balaban J connectivity index is 3.32. The van der Waals surface area contributed by atoms with Crippen molar-refractivity contribution >= 4 is 5.97 Å². The summed E-state index contributed by atoms with van der Waals surface area (Å²) in [5, 5.41) is 9.36. The number of aliphatic hydroxyl groups excluding tert-OH is 1. The Morgan fingerprint density at radius 1 is 1.13 bits per heavy atom. The maximum atomic E-state index is 11.0. The van der Waals surface area contributed by atoms with Crippen LogP contribution in [0.2, 0.25) is 0 Å². The molecule has 0 aliphatic heterocycles. The van der Waals surface area contributed by atoms with E-state index in [-0.39, 0.29) is 5.97 Å². The van der Waals surface area contributed by atoms with E-state index in [1.165, 1.54) is 19.3 Å². The van der Waals surface area contributed by atoms with Crippen molar-refractivity contribution in [1.29, 1.82) is 0 Å². The molecule has 0 heterocycles. The van der Waals surface area contributed by atoms with Crippen LogP contribution in [0.1, 0.15) is 65.2 Å². The van der Waals surface area contributed by atoms with E-state index in [0.29, 0.717) is 12.8 Å². The minimum atomic E-state index is -0.898. The van der Waals surface area contributed by atoms with Gasteiger partial charge in [-0.1, -0.05) is 39.5 Å². The molecule has 0 saturated carbocycles. The van der Waals surface area contributed by atoms with Crippen LogP contribution in [0.5, 0.6) is 0 Å². The number of rotatable bonds is 9. The van der Waals surface area contributed by atoms with Crippen molar-refractivity contribution in [3.05, 3.63) is 0 Å². The van der Waals surface area contributed by atoms with Gasteiger partial charge in [-0.2, -0.15) is 0 Å². The monoisotopic (exact) mass is 216 g/mol. The van der Waals surface area contributed by atoms with Crippen molar-refractivity contribution in [3.8, 4) is 0 Å². The predicted octanol–water partition coefficient (Wildman–Crippen LogP) is 3.01. The number of hydrogen-bond donors (Lipinski definition) is 1. The van der Waals surface area contributed by atoms with E-state index in [4.69, 9.17) is 4.74 Å². The van der Waals surface area contributed by atoms with Crippen molar-refractivity contribution in [1.82, 2.24) is 0 Å². The molecular formula is C12H24O3. The number of hydrogen-bond acceptors (Lipinski definition) is 3. The first-order valence-corrected chi connectivity index (χ1v) is 6.08. The molecule has 0 aliphatic carbocycles. The summed E-state index contributed by atoms with van der Waals surface area (Å²) in [5.41, 5.74) is 0. The van der Waals surface area contributed by atoms with Gasteiger partial charge in [0.15, 0.2) is 0 Å². The SMILES string of the molecule is CCCCCCC[C@@H](O)OC(=O)CCC. The molecule has 0 aliphatic rings. The van der Waals surface area contributed by atoms with Gasteiger partial charge in [0.25, 0.3) is 0 Å². The Labute approximate surface area is 92.8 Å². The van der Waals surface area contributed by atoms with Crippen LogP contribution in [0.3, 0.4) is 0 Å². The highest BCUT2D eigenvalue weighted by Crippen LogP contribution is 2.08. The van der Waals surface area contributed by atoms with E-state index in [1.807, 2.05) is 6.92 Å². The molecule has 0 aromatic carbocycles. The first kappa shape index (κ1) is 14.4. The van der Waals surface area contributed by atoms with Crippen molar-refractivity contribution in [2.75, 3.05) is 0 Å². The van der Waals surface area contributed by atoms with E-state index in [2.05, 4.69) is 6.92 Å². The van der Waals surface area contributed by atoms with Crippen LogP contribution in [-0.4, -0.2) is 17.4 Å². The van der Waals surface area contributed by atoms with Crippen LogP contribution in [0.4, 0.5) is 0 Å². The minimum absolute atomic E-state index is 0.293. The number of carbonyl (C=O) groups excluding carboxylic acids is 1. The highest BCUT2D eigenvalue weighted by atomic mass is 16.6. The lowest BCUT2D eigenvalue weighted by Crippen LogP contribution is -2.17. The van der Waals surface area contributed by atoms with Gasteiger partial charge in [-0.15, -0.1) is 0 Å². The number of unbranched alkanes of at least 4 members (excludes halogenated alkanes) is 4. The lowest BCUT2D eigenvalue weighted by Gasteiger charge is -2.11. The molecule has 0 spiro atoms. The topological polar surface area (TPSA) is 46.5 Å². The summed E-state index contributed by atoms with van der Waals surface area (Å²) in [6.07, 6.45) is 6.53. The van der Waals surface area contributed by atoms with Gasteiger partial charge in [-0.3, -0.25) is 4.79 Å². The molecule has 0 fully saturated rings. The molecule has 0 unspecified atom stereocenters. The van der Waals surface area contributed by atoms with Gasteiger partial charge in [0.05, 0.1) is 0 Å². The van der Waals surface area contributed by atoms with Gasteiger partial charge in [0.1, 0.15) is 0 Å². The molecule has 15 heavy (non-hydrogen) atoms. The van der Waals surface area contributed by atoms with Gasteiger partial charge in [-0.05, 0) is 12.8 Å². The van der Waals surface area contributed by atoms with Crippen molar-refractivity contribution in [2.45, 2.75) is 71.5 Å². The Morgan fingerprint density at radius 3 is 2.40 bits per heavy atom. The summed E-state index contributed by atoms with van der Waals surface area (Å²) in [6.45, 7) is 4.08. The molecule has 1 N–H and O–H groups in total. The second-order valence-electron chi connectivity index (χ2n) is 3.90. The summed E-state index contributed by atoms with van der Waals surface area (Å²) < 4.78 is 4.81. The number of ether oxygens (including phenoxy) is 1. The van der Waals surface area contributed by atoms with Crippen LogP contribution in [-0.2, 0) is 9.53 Å². The molecule has 0 aromatic rings. The second kappa shape index (κ2) is 9.97. The number of carbonyl (C=O) groups is 1. The van der Waals surface area contributed by atoms with E-state index < -0.39 is 6.29 Å². The minimum Gasteiger partial charge on any atom is -0.436 e. The standard InChI is InChI=1S/C12H24O3/c1-3-5-6-7-8-10-12(14)15-11(13)9-4-2/h12,14H,3-10H2,1-2H3/t12-/m0/s1. The zero-order valence-corrected chi connectivity index (χ0v) is 10.00. The molecule has 3 heteroatoms. The molecule has 0 aromatic heterocycles. The van der Waals surface area contributed by atoms with Gasteiger partial charge in [-0.25, -0.2) is 0 Å². The van der Waals surface area contributed by atoms with Crippen LogP contribution in [0, 0.1) is 0 Å². The van der Waals surface area contributed by atoms with Crippen LogP contribution in [0.15, 0.2) is 0 Å². The average Bonchev–Trinajstić information content (AvgIpc) is 2.17. The molecule has 1 atom stereocenters. The highest BCUT2D eigenvalue weighted by Gasteiger charge is 2.09. The van der Waals surface area contributed by atoms with Gasteiger partial charge >= 0.3 is 5.97 Å². The normalized spacial score (nSPS) is 12.5. The summed E-state index contributed by atoms with van der Waals surface area (Å²) in [5.74, 6) is -0.293. The number of esters is 1. The molecular weight excluding hydrogens is 192 g/mol. The van der Waals surface area contributed by atoms with Crippen molar-refractivity contribution in [3.63, 3.8) is 0 Å². The summed E-state index contributed by atoms with van der Waals surface area (Å²) in [7, 11) is 0. The largest absolute Gasteiger partial charge is 0.436 e. The lowest BCUT2D eigenvalue weighted by atomic mass is 10.1. The fourth-order valence-electron chi connectivity index (χ4n) is 1.40. The third-order valence-corrected chi connectivity index (χ3v) is 2.28. The first-order chi connectivity index (χ1) is 7.20. The maximum absolute atomic E-state index is 11.0. The molecule has 0 rings (SSSR count). The summed E-state index contributed by atoms with van der Waals surface area (Å²) >= 11 is 0. The fourth-order valence-corrected chi connectivity index (χ4v) is 1.40. The molecule has 0 amide bonds. The summed E-state index contributed by atoms with van der Waals surface area (Å²) in [4.78, 5) is 11.0. The quantitative estimate of drug-likeness (QED) is 0.366. The van der Waals surface area contributed by atoms with Gasteiger partial charge in [0.2, 0.25) is 6.29 Å². The Bertz CT molecular complexity index is 157. The van der Waals surface area contributed by atoms with Crippen LogP contribution in [0.25, 0.3) is 0 Å². The zero-order chi connectivity index (χ0) is 11.5. The van der Waals surface area contributed by atoms with Crippen LogP contribution >= 0.6 is 0 Å². The van der Waals surface area contributed by atoms with Crippen LogP contribution < -0.4 is 0 Å². The average molecular weight is 216 g/mol. The third-order valence-electron chi connectivity index (χ3n) is 2.28. The molecule has 3 nitrogen and oxygen atoms in total. The molecule has 0 bridgehead atoms. The maximum Gasteiger partial charge on any atom is 0.308 e. The molecule has 0 radical (unpaired) electrons. The Hall–Kier alpha value is -0.570. The fraction of sp³-hybridized carbons (Fsp3) is 0.917. The molecule has 90 valence electrons. The molecule has 0 saturated heterocycles.